The fourth-order valence-electron chi connectivity index (χ4n) is 3.69. The summed E-state index contributed by atoms with van der Waals surface area (Å²) in [6.45, 7) is 2.54. The van der Waals surface area contributed by atoms with Crippen molar-refractivity contribution in [2.45, 2.75) is 19.0 Å². The predicted molar refractivity (Wildman–Crippen MR) is 117 cm³/mol. The highest BCUT2D eigenvalue weighted by Crippen LogP contribution is 2.30. The molecule has 0 aliphatic carbocycles. The second-order valence-electron chi connectivity index (χ2n) is 7.16. The predicted octanol–water partition coefficient (Wildman–Crippen LogP) is 3.92. The van der Waals surface area contributed by atoms with Gasteiger partial charge in [0.1, 0.15) is 0 Å². The van der Waals surface area contributed by atoms with Crippen LogP contribution < -0.4 is 10.6 Å². The molecule has 0 bridgehead atoms. The number of carbonyl (C=O) groups is 1. The quantitative estimate of drug-likeness (QED) is 0.688. The number of benzodiazepines with no additional fused rings is 1. The molecule has 0 amide bonds. The van der Waals surface area contributed by atoms with Crippen LogP contribution >= 0.6 is 11.3 Å². The summed E-state index contributed by atoms with van der Waals surface area (Å²) in [5, 5.41) is 3.76. The molecule has 2 N–H and O–H groups in total. The maximum atomic E-state index is 12.9. The number of nitrogens with zero attached hydrogens (tertiary/aromatic N) is 2. The van der Waals surface area contributed by atoms with Crippen molar-refractivity contribution in [3.63, 3.8) is 0 Å². The van der Waals surface area contributed by atoms with E-state index in [1.54, 1.807) is 0 Å². The molecule has 2 heterocycles. The average Bonchev–Trinajstić information content (AvgIpc) is 3.21. The fourth-order valence-corrected chi connectivity index (χ4v) is 4.33. The second-order valence-corrected chi connectivity index (χ2v) is 7.94. The molecule has 2 aromatic carbocycles. The Morgan fingerprint density at radius 2 is 2.00 bits per heavy atom. The van der Waals surface area contributed by atoms with Crippen molar-refractivity contribution < 1.29 is 4.79 Å². The van der Waals surface area contributed by atoms with Gasteiger partial charge in [-0.2, -0.15) is 11.3 Å². The van der Waals surface area contributed by atoms with Gasteiger partial charge in [0.15, 0.2) is 5.78 Å². The van der Waals surface area contributed by atoms with E-state index in [-0.39, 0.29) is 11.8 Å². The third kappa shape index (κ3) is 3.39. The van der Waals surface area contributed by atoms with Gasteiger partial charge in [-0.05, 0) is 30.5 Å². The highest BCUT2D eigenvalue weighted by atomic mass is 32.1. The molecule has 2 unspecified atom stereocenters. The number of hydrogen-bond acceptors (Lipinski definition) is 5. The zero-order valence-electron chi connectivity index (χ0n) is 16.0. The Kier molecular flexibility index (Phi) is 5.11. The van der Waals surface area contributed by atoms with Gasteiger partial charge in [-0.1, -0.05) is 42.0 Å². The van der Waals surface area contributed by atoms with Crippen molar-refractivity contribution in [1.82, 2.24) is 0 Å². The zero-order chi connectivity index (χ0) is 19.7. The number of aryl methyl sites for hydroxylation is 1. The van der Waals surface area contributed by atoms with Gasteiger partial charge in [-0.3, -0.25) is 9.79 Å². The van der Waals surface area contributed by atoms with E-state index in [4.69, 9.17) is 10.7 Å². The second kappa shape index (κ2) is 7.70. The molecule has 1 aliphatic rings. The molecule has 1 aromatic heterocycles. The highest BCUT2D eigenvalue weighted by Gasteiger charge is 2.32. The molecule has 1 aliphatic heterocycles. The smallest absolute Gasteiger partial charge is 0.182 e. The molecule has 142 valence electrons. The number of benzene rings is 2. The monoisotopic (exact) mass is 389 g/mol. The van der Waals surface area contributed by atoms with Crippen LogP contribution in [0.3, 0.4) is 0 Å². The van der Waals surface area contributed by atoms with Gasteiger partial charge >= 0.3 is 0 Å². The number of aliphatic imine (C=N–C) groups is 1. The topological polar surface area (TPSA) is 58.7 Å². The van der Waals surface area contributed by atoms with Crippen molar-refractivity contribution in [2.24, 2.45) is 10.7 Å². The van der Waals surface area contributed by atoms with Crippen molar-refractivity contribution in [2.75, 3.05) is 18.5 Å². The number of carbonyl (C=O) groups excluding carboxylic acids is 1. The summed E-state index contributed by atoms with van der Waals surface area (Å²) < 4.78 is 0. The molecular formula is C23H23N3OS. The summed E-state index contributed by atoms with van der Waals surface area (Å²) in [6, 6.07) is 17.5. The standard InChI is InChI=1S/C23H23N3OS/c1-15-8-9-19-18(12-15)22(16-6-4-3-5-7-16)25-13-20(26(19)2)21(24)23(27)17-10-11-28-14-17/h3-12,14,20-21H,13,24H2,1-2H3. The van der Waals surface area contributed by atoms with Crippen molar-refractivity contribution in [3.05, 3.63) is 87.6 Å². The molecule has 28 heavy (non-hydrogen) atoms. The summed E-state index contributed by atoms with van der Waals surface area (Å²) in [6.07, 6.45) is 0. The molecule has 5 heteroatoms. The summed E-state index contributed by atoms with van der Waals surface area (Å²) in [5.41, 5.74) is 12.4. The lowest BCUT2D eigenvalue weighted by Crippen LogP contribution is -2.52. The summed E-state index contributed by atoms with van der Waals surface area (Å²) in [4.78, 5) is 19.9. The summed E-state index contributed by atoms with van der Waals surface area (Å²) >= 11 is 1.51. The van der Waals surface area contributed by atoms with E-state index in [1.807, 2.05) is 42.1 Å². The minimum atomic E-state index is -0.646. The summed E-state index contributed by atoms with van der Waals surface area (Å²) in [7, 11) is 2.00. The van der Waals surface area contributed by atoms with Crippen LogP contribution in [-0.2, 0) is 0 Å². The van der Waals surface area contributed by atoms with Crippen LogP contribution in [0.4, 0.5) is 5.69 Å². The normalized spacial score (nSPS) is 17.5. The van der Waals surface area contributed by atoms with Crippen molar-refractivity contribution in [3.8, 4) is 0 Å². The lowest BCUT2D eigenvalue weighted by molar-refractivity contribution is 0.0950. The number of hydrogen-bond donors (Lipinski definition) is 1. The van der Waals surface area contributed by atoms with Crippen LogP contribution in [0.15, 0.2) is 70.3 Å². The number of Topliss-reactive ketones (excluding diaryl/α,β-unsaturated/α-hetero) is 1. The number of anilines is 1. The Morgan fingerprint density at radius 1 is 1.21 bits per heavy atom. The van der Waals surface area contributed by atoms with E-state index in [0.717, 1.165) is 22.5 Å². The average molecular weight is 390 g/mol. The lowest BCUT2D eigenvalue weighted by atomic mass is 9.97. The number of thiophene rings is 1. The zero-order valence-corrected chi connectivity index (χ0v) is 16.8. The first kappa shape index (κ1) is 18.6. The number of likely N-dealkylation sites (N-methyl/N-ethyl adjacent to an activating group) is 1. The lowest BCUT2D eigenvalue weighted by Gasteiger charge is -2.32. The van der Waals surface area contributed by atoms with Crippen LogP contribution in [0, 0.1) is 6.92 Å². The van der Waals surface area contributed by atoms with Crippen LogP contribution in [0.25, 0.3) is 0 Å². The Balaban J connectivity index is 1.78. The van der Waals surface area contributed by atoms with E-state index in [2.05, 4.69) is 42.2 Å². The number of nitrogens with two attached hydrogens (primary N) is 1. The molecule has 3 aromatic rings. The van der Waals surface area contributed by atoms with E-state index in [1.165, 1.54) is 16.9 Å². The van der Waals surface area contributed by atoms with E-state index in [0.29, 0.717) is 12.1 Å². The molecular weight excluding hydrogens is 366 g/mol. The first-order valence-corrected chi connectivity index (χ1v) is 10.3. The number of rotatable bonds is 4. The van der Waals surface area contributed by atoms with E-state index < -0.39 is 6.04 Å². The Hall–Kier alpha value is -2.76. The molecule has 0 saturated heterocycles. The molecule has 0 saturated carbocycles. The Morgan fingerprint density at radius 3 is 2.71 bits per heavy atom. The summed E-state index contributed by atoms with van der Waals surface area (Å²) in [5.74, 6) is -0.0369. The highest BCUT2D eigenvalue weighted by molar-refractivity contribution is 7.08. The van der Waals surface area contributed by atoms with Gasteiger partial charge in [0.25, 0.3) is 0 Å². The van der Waals surface area contributed by atoms with Gasteiger partial charge < -0.3 is 10.6 Å². The van der Waals surface area contributed by atoms with Crippen LogP contribution in [0.2, 0.25) is 0 Å². The maximum Gasteiger partial charge on any atom is 0.182 e. The van der Waals surface area contributed by atoms with E-state index in [9.17, 15) is 4.79 Å². The van der Waals surface area contributed by atoms with Gasteiger partial charge in [0.2, 0.25) is 0 Å². The van der Waals surface area contributed by atoms with Crippen LogP contribution in [0.5, 0.6) is 0 Å². The fraction of sp³-hybridized carbons (Fsp3) is 0.217. The molecule has 4 nitrogen and oxygen atoms in total. The number of fused-ring (bicyclic) bond motifs is 1. The molecule has 0 fully saturated rings. The largest absolute Gasteiger partial charge is 0.367 e. The van der Waals surface area contributed by atoms with E-state index >= 15 is 0 Å². The molecule has 0 spiro atoms. The van der Waals surface area contributed by atoms with Crippen molar-refractivity contribution in [1.29, 1.82) is 0 Å². The molecule has 0 radical (unpaired) electrons. The van der Waals surface area contributed by atoms with Crippen LogP contribution in [-0.4, -0.2) is 37.2 Å². The Bertz CT molecular complexity index is 1010. The first-order chi connectivity index (χ1) is 13.6. The molecule has 4 rings (SSSR count). The minimum Gasteiger partial charge on any atom is -0.367 e. The van der Waals surface area contributed by atoms with Crippen molar-refractivity contribution >= 4 is 28.5 Å². The van der Waals surface area contributed by atoms with Crippen LogP contribution in [0.1, 0.15) is 27.0 Å². The molecule has 2 atom stereocenters. The van der Waals surface area contributed by atoms with Gasteiger partial charge in [-0.25, -0.2) is 0 Å². The minimum absolute atomic E-state index is 0.0369. The van der Waals surface area contributed by atoms with Gasteiger partial charge in [-0.15, -0.1) is 0 Å². The maximum absolute atomic E-state index is 12.9. The van der Waals surface area contributed by atoms with Gasteiger partial charge in [0.05, 0.1) is 24.3 Å². The number of ketones is 1. The first-order valence-electron chi connectivity index (χ1n) is 9.32. The van der Waals surface area contributed by atoms with Gasteiger partial charge in [0, 0.05) is 34.8 Å². The third-order valence-corrected chi connectivity index (χ3v) is 5.97. The SMILES string of the molecule is Cc1ccc2c(c1)C(c1ccccc1)=NCC(C(N)C(=O)c1ccsc1)N2C. The third-order valence-electron chi connectivity index (χ3n) is 5.29. The Labute approximate surface area is 169 Å².